The standard InChI is InChI=1S/C18H25NO4/c1-11-6-5-7-12(10-11)15(18(2,3)4)19-16(20)13-8-9-14(23-13)17(21)22/h5-7,10,13-15H,8-9H2,1-4H3,(H,19,20)(H,21,22)/t13-,14+,15?/m0/s1. The van der Waals surface area contributed by atoms with E-state index >= 15 is 0 Å². The Kier molecular flexibility index (Phi) is 5.09. The van der Waals surface area contributed by atoms with Crippen LogP contribution in [0.4, 0.5) is 0 Å². The van der Waals surface area contributed by atoms with Crippen LogP contribution in [0.1, 0.15) is 50.8 Å². The van der Waals surface area contributed by atoms with Gasteiger partial charge in [-0.25, -0.2) is 4.79 Å². The number of ether oxygens (including phenoxy) is 1. The zero-order chi connectivity index (χ0) is 17.2. The summed E-state index contributed by atoms with van der Waals surface area (Å²) in [6, 6.07) is 7.89. The van der Waals surface area contributed by atoms with Gasteiger partial charge in [-0.1, -0.05) is 50.6 Å². The molecule has 0 bridgehead atoms. The van der Waals surface area contributed by atoms with Gasteiger partial charge < -0.3 is 15.2 Å². The third-order valence-electron chi connectivity index (χ3n) is 4.12. The lowest BCUT2D eigenvalue weighted by molar-refractivity contribution is -0.152. The van der Waals surface area contributed by atoms with Gasteiger partial charge in [-0.3, -0.25) is 4.79 Å². The lowest BCUT2D eigenvalue weighted by atomic mass is 9.82. The number of hydrogen-bond acceptors (Lipinski definition) is 3. The first-order valence-corrected chi connectivity index (χ1v) is 7.93. The molecule has 23 heavy (non-hydrogen) atoms. The molecule has 2 rings (SSSR count). The molecule has 1 aromatic rings. The number of aryl methyl sites for hydroxylation is 1. The van der Waals surface area contributed by atoms with Crippen molar-refractivity contribution in [1.82, 2.24) is 5.32 Å². The minimum atomic E-state index is -1.01. The Hall–Kier alpha value is -1.88. The van der Waals surface area contributed by atoms with E-state index in [4.69, 9.17) is 9.84 Å². The van der Waals surface area contributed by atoms with Crippen LogP contribution in [0.2, 0.25) is 0 Å². The fourth-order valence-electron chi connectivity index (χ4n) is 2.90. The zero-order valence-electron chi connectivity index (χ0n) is 14.1. The summed E-state index contributed by atoms with van der Waals surface area (Å²) in [5.74, 6) is -1.25. The Morgan fingerprint density at radius 2 is 1.91 bits per heavy atom. The molecule has 1 aliphatic rings. The van der Waals surface area contributed by atoms with Crippen molar-refractivity contribution in [2.75, 3.05) is 0 Å². The highest BCUT2D eigenvalue weighted by Crippen LogP contribution is 2.33. The molecule has 1 heterocycles. The first kappa shape index (κ1) is 17.5. The van der Waals surface area contributed by atoms with Crippen molar-refractivity contribution in [1.29, 1.82) is 0 Å². The minimum Gasteiger partial charge on any atom is -0.479 e. The molecule has 1 amide bonds. The molecule has 1 fully saturated rings. The predicted octanol–water partition coefficient (Wildman–Crippen LogP) is 2.83. The average molecular weight is 319 g/mol. The summed E-state index contributed by atoms with van der Waals surface area (Å²) in [7, 11) is 0. The Bertz CT molecular complexity index is 591. The topological polar surface area (TPSA) is 75.6 Å². The van der Waals surface area contributed by atoms with Crippen molar-refractivity contribution in [3.05, 3.63) is 35.4 Å². The van der Waals surface area contributed by atoms with E-state index in [-0.39, 0.29) is 17.4 Å². The molecule has 1 aliphatic heterocycles. The Labute approximate surface area is 137 Å². The number of carboxylic acids is 1. The summed E-state index contributed by atoms with van der Waals surface area (Å²) in [4.78, 5) is 23.5. The van der Waals surface area contributed by atoms with E-state index in [1.54, 1.807) is 0 Å². The normalized spacial score (nSPS) is 22.6. The van der Waals surface area contributed by atoms with Crippen molar-refractivity contribution in [3.63, 3.8) is 0 Å². The second kappa shape index (κ2) is 6.71. The number of carboxylic acid groups (broad SMARTS) is 1. The third-order valence-corrected chi connectivity index (χ3v) is 4.12. The lowest BCUT2D eigenvalue weighted by Crippen LogP contribution is -2.42. The SMILES string of the molecule is Cc1cccc(C(NC(=O)[C@@H]2CC[C@H](C(=O)O)O2)C(C)(C)C)c1. The molecule has 0 radical (unpaired) electrons. The van der Waals surface area contributed by atoms with Gasteiger partial charge in [0.15, 0.2) is 6.10 Å². The quantitative estimate of drug-likeness (QED) is 0.895. The second-order valence-corrected chi connectivity index (χ2v) is 7.25. The first-order chi connectivity index (χ1) is 10.7. The van der Waals surface area contributed by atoms with Gasteiger partial charge in [0, 0.05) is 0 Å². The Balaban J connectivity index is 2.13. The minimum absolute atomic E-state index is 0.164. The van der Waals surface area contributed by atoms with E-state index in [1.807, 2.05) is 25.1 Å². The molecule has 3 atom stereocenters. The third kappa shape index (κ3) is 4.32. The lowest BCUT2D eigenvalue weighted by Gasteiger charge is -2.33. The van der Waals surface area contributed by atoms with Crippen LogP contribution in [-0.4, -0.2) is 29.2 Å². The fraction of sp³-hybridized carbons (Fsp3) is 0.556. The summed E-state index contributed by atoms with van der Waals surface area (Å²) in [5.41, 5.74) is 2.00. The van der Waals surface area contributed by atoms with Crippen LogP contribution in [0.5, 0.6) is 0 Å². The Morgan fingerprint density at radius 3 is 2.43 bits per heavy atom. The summed E-state index contributed by atoms with van der Waals surface area (Å²) in [6.07, 6.45) is -0.755. The zero-order valence-corrected chi connectivity index (χ0v) is 14.1. The highest BCUT2D eigenvalue weighted by atomic mass is 16.5. The molecule has 0 saturated carbocycles. The second-order valence-electron chi connectivity index (χ2n) is 7.25. The molecule has 0 spiro atoms. The number of carbonyl (C=O) groups excluding carboxylic acids is 1. The molecular formula is C18H25NO4. The summed E-state index contributed by atoms with van der Waals surface area (Å²) in [5, 5.41) is 12.0. The van der Waals surface area contributed by atoms with Gasteiger partial charge in [0.25, 0.3) is 0 Å². The summed E-state index contributed by atoms with van der Waals surface area (Å²) in [6.45, 7) is 8.21. The van der Waals surface area contributed by atoms with Crippen LogP contribution in [-0.2, 0) is 14.3 Å². The van der Waals surface area contributed by atoms with Gasteiger partial charge in [0.1, 0.15) is 6.10 Å². The molecule has 2 N–H and O–H groups in total. The maximum atomic E-state index is 12.5. The summed E-state index contributed by atoms with van der Waals surface area (Å²) < 4.78 is 5.35. The molecule has 1 saturated heterocycles. The van der Waals surface area contributed by atoms with Crippen molar-refractivity contribution in [3.8, 4) is 0 Å². The average Bonchev–Trinajstić information content (AvgIpc) is 2.93. The first-order valence-electron chi connectivity index (χ1n) is 7.93. The van der Waals surface area contributed by atoms with Crippen LogP contribution in [0.25, 0.3) is 0 Å². The van der Waals surface area contributed by atoms with Gasteiger partial charge in [0.2, 0.25) is 5.91 Å². The summed E-state index contributed by atoms with van der Waals surface area (Å²) >= 11 is 0. The van der Waals surface area contributed by atoms with Crippen molar-refractivity contribution < 1.29 is 19.4 Å². The van der Waals surface area contributed by atoms with E-state index in [0.29, 0.717) is 12.8 Å². The van der Waals surface area contributed by atoms with Crippen molar-refractivity contribution in [2.45, 2.75) is 58.8 Å². The predicted molar refractivity (Wildman–Crippen MR) is 87.0 cm³/mol. The monoisotopic (exact) mass is 319 g/mol. The number of hydrogen-bond donors (Lipinski definition) is 2. The Morgan fingerprint density at radius 1 is 1.26 bits per heavy atom. The van der Waals surface area contributed by atoms with E-state index in [2.05, 4.69) is 32.2 Å². The number of nitrogens with one attached hydrogen (secondary N) is 1. The van der Waals surface area contributed by atoms with Crippen molar-refractivity contribution in [2.24, 2.45) is 5.41 Å². The van der Waals surface area contributed by atoms with Crippen LogP contribution >= 0.6 is 0 Å². The van der Waals surface area contributed by atoms with Crippen LogP contribution in [0.15, 0.2) is 24.3 Å². The van der Waals surface area contributed by atoms with Gasteiger partial charge in [-0.05, 0) is 30.7 Å². The number of carbonyl (C=O) groups is 2. The van der Waals surface area contributed by atoms with E-state index < -0.39 is 18.2 Å². The number of rotatable bonds is 4. The number of amides is 1. The van der Waals surface area contributed by atoms with Gasteiger partial charge in [-0.2, -0.15) is 0 Å². The highest BCUT2D eigenvalue weighted by Gasteiger charge is 2.37. The molecule has 5 nitrogen and oxygen atoms in total. The molecule has 1 unspecified atom stereocenters. The maximum absolute atomic E-state index is 12.5. The number of aliphatic carboxylic acids is 1. The molecule has 5 heteroatoms. The maximum Gasteiger partial charge on any atom is 0.332 e. The van der Waals surface area contributed by atoms with Crippen LogP contribution in [0.3, 0.4) is 0 Å². The molecule has 1 aromatic carbocycles. The van der Waals surface area contributed by atoms with Gasteiger partial charge >= 0.3 is 5.97 Å². The smallest absolute Gasteiger partial charge is 0.332 e. The largest absolute Gasteiger partial charge is 0.479 e. The molecular weight excluding hydrogens is 294 g/mol. The van der Waals surface area contributed by atoms with E-state index in [9.17, 15) is 9.59 Å². The molecule has 0 aromatic heterocycles. The van der Waals surface area contributed by atoms with Gasteiger partial charge in [0.05, 0.1) is 6.04 Å². The molecule has 126 valence electrons. The van der Waals surface area contributed by atoms with E-state index in [0.717, 1.165) is 11.1 Å². The van der Waals surface area contributed by atoms with Crippen LogP contribution in [0, 0.1) is 12.3 Å². The van der Waals surface area contributed by atoms with E-state index in [1.165, 1.54) is 0 Å². The molecule has 0 aliphatic carbocycles. The highest BCUT2D eigenvalue weighted by molar-refractivity contribution is 5.83. The van der Waals surface area contributed by atoms with Crippen LogP contribution < -0.4 is 5.32 Å². The number of benzene rings is 1. The van der Waals surface area contributed by atoms with Gasteiger partial charge in [-0.15, -0.1) is 0 Å². The van der Waals surface area contributed by atoms with Crippen molar-refractivity contribution >= 4 is 11.9 Å². The fourth-order valence-corrected chi connectivity index (χ4v) is 2.90.